The van der Waals surface area contributed by atoms with E-state index in [-0.39, 0.29) is 34.9 Å². The maximum absolute atomic E-state index is 17.0. The van der Waals surface area contributed by atoms with E-state index in [4.69, 9.17) is 25.9 Å². The molecule has 0 spiro atoms. The Balaban J connectivity index is 1.43. The van der Waals surface area contributed by atoms with Gasteiger partial charge < -0.3 is 19.7 Å². The Bertz CT molecular complexity index is 1900. The molecule has 2 aromatic carbocycles. The minimum absolute atomic E-state index is 0.0117. The molecule has 5 heterocycles. The summed E-state index contributed by atoms with van der Waals surface area (Å²) < 4.78 is 43.7. The Kier molecular flexibility index (Phi) is 7.74. The first-order chi connectivity index (χ1) is 21.9. The number of aromatic nitrogens is 3. The summed E-state index contributed by atoms with van der Waals surface area (Å²) in [5.41, 5.74) is 0.785. The van der Waals surface area contributed by atoms with Crippen molar-refractivity contribution < 1.29 is 18.3 Å². The fourth-order valence-corrected chi connectivity index (χ4v) is 7.04. The lowest BCUT2D eigenvalue weighted by Gasteiger charge is -2.34. The number of halogens is 2. The molecule has 3 fully saturated rings. The van der Waals surface area contributed by atoms with Gasteiger partial charge in [-0.15, -0.1) is 6.42 Å². The summed E-state index contributed by atoms with van der Waals surface area (Å²) in [7, 11) is 3.74. The number of nitrogens with zero attached hydrogens (tertiary/aromatic N) is 5. The predicted molar refractivity (Wildman–Crippen MR) is 170 cm³/mol. The fourth-order valence-electron chi connectivity index (χ4n) is 7.04. The number of likely N-dealkylation sites (tertiary alicyclic amines) is 1. The Morgan fingerprint density at radius 1 is 1.04 bits per heavy atom. The average Bonchev–Trinajstić information content (AvgIpc) is 3.59. The predicted octanol–water partition coefficient (Wildman–Crippen LogP) is 4.51. The molecule has 1 N–H and O–H groups in total. The Morgan fingerprint density at radius 2 is 1.84 bits per heavy atom. The van der Waals surface area contributed by atoms with Crippen LogP contribution in [-0.4, -0.2) is 84.5 Å². The number of pyridine rings is 1. The number of piperazine rings is 1. The molecule has 8 nitrogen and oxygen atoms in total. The largest absolute Gasteiger partial charge is 0.462 e. The van der Waals surface area contributed by atoms with E-state index < -0.39 is 11.6 Å². The lowest BCUT2D eigenvalue weighted by molar-refractivity contribution is 0.111. The van der Waals surface area contributed by atoms with Crippen molar-refractivity contribution in [2.75, 3.05) is 45.3 Å². The van der Waals surface area contributed by atoms with Crippen molar-refractivity contribution in [2.24, 2.45) is 0 Å². The second kappa shape index (κ2) is 11.9. The van der Waals surface area contributed by atoms with Gasteiger partial charge >= 0.3 is 6.01 Å². The van der Waals surface area contributed by atoms with Crippen molar-refractivity contribution in [3.8, 4) is 41.5 Å². The van der Waals surface area contributed by atoms with Crippen LogP contribution in [0, 0.1) is 35.8 Å². The Hall–Kier alpha value is -4.35. The topological polar surface area (TPSA) is 75.6 Å². The molecule has 4 aromatic rings. The first-order valence-corrected chi connectivity index (χ1v) is 15.3. The summed E-state index contributed by atoms with van der Waals surface area (Å²) in [4.78, 5) is 18.7. The van der Waals surface area contributed by atoms with Gasteiger partial charge in [0, 0.05) is 55.8 Å². The molecule has 0 radical (unpaired) electrons. The molecule has 3 aliphatic heterocycles. The van der Waals surface area contributed by atoms with Gasteiger partial charge in [0.1, 0.15) is 35.1 Å². The Labute approximate surface area is 261 Å². The van der Waals surface area contributed by atoms with Crippen LogP contribution in [-0.2, 0) is 4.74 Å². The summed E-state index contributed by atoms with van der Waals surface area (Å²) in [6.45, 7) is 4.24. The standard InChI is InChI=1S/C35H34F2N6O2/c1-5-8-28-30-33(31(37)32(39-28)26-10-7-9-20-11-14-27(36)25(6-2)29(20)26)40-35(45-19-23-15-24(44-4)18-42(23)3)41-34(30)43-16-21-12-13-22(17-43)38-21/h2,7,9-11,14,21-24,38H,12-13,15-19H2,1,3-4H3/t21-,22+,23-,24+/m0/s1. The van der Waals surface area contributed by atoms with Gasteiger partial charge in [-0.3, -0.25) is 4.90 Å². The first kappa shape index (κ1) is 29.4. The van der Waals surface area contributed by atoms with Gasteiger partial charge in [0.25, 0.3) is 0 Å². The zero-order valence-electron chi connectivity index (χ0n) is 25.5. The molecule has 45 heavy (non-hydrogen) atoms. The zero-order valence-corrected chi connectivity index (χ0v) is 25.5. The number of benzene rings is 2. The lowest BCUT2D eigenvalue weighted by atomic mass is 9.96. The highest BCUT2D eigenvalue weighted by Crippen LogP contribution is 2.39. The third-order valence-corrected chi connectivity index (χ3v) is 9.29. The van der Waals surface area contributed by atoms with Gasteiger partial charge in [-0.25, -0.2) is 13.8 Å². The number of fused-ring (bicyclic) bond motifs is 4. The fraction of sp³-hybridized carbons (Fsp3) is 0.400. The molecule has 10 heteroatoms. The van der Waals surface area contributed by atoms with Crippen LogP contribution in [0.2, 0.25) is 0 Å². The van der Waals surface area contributed by atoms with E-state index in [1.807, 2.05) is 13.1 Å². The molecular weight excluding hydrogens is 574 g/mol. The number of hydrogen-bond acceptors (Lipinski definition) is 8. The normalized spacial score (nSPS) is 22.9. The van der Waals surface area contributed by atoms with E-state index in [1.165, 1.54) is 6.07 Å². The molecule has 3 saturated heterocycles. The molecule has 4 atom stereocenters. The molecule has 230 valence electrons. The van der Waals surface area contributed by atoms with Crippen molar-refractivity contribution in [1.29, 1.82) is 0 Å². The third kappa shape index (κ3) is 5.23. The molecule has 7 rings (SSSR count). The van der Waals surface area contributed by atoms with Crippen LogP contribution < -0.4 is 15.0 Å². The quantitative estimate of drug-likeness (QED) is 0.321. The summed E-state index contributed by atoms with van der Waals surface area (Å²) in [5, 5.41) is 5.15. The molecule has 2 bridgehead atoms. The number of methoxy groups -OCH3 is 1. The molecule has 0 amide bonds. The average molecular weight is 609 g/mol. The van der Waals surface area contributed by atoms with E-state index in [1.54, 1.807) is 32.2 Å². The molecule has 0 aliphatic carbocycles. The van der Waals surface area contributed by atoms with Crippen LogP contribution >= 0.6 is 0 Å². The summed E-state index contributed by atoms with van der Waals surface area (Å²) in [5.74, 6) is 7.78. The number of terminal acetylenes is 1. The van der Waals surface area contributed by atoms with Gasteiger partial charge in [-0.05, 0) is 50.6 Å². The number of nitrogens with one attached hydrogen (secondary N) is 1. The molecule has 0 saturated carbocycles. The highest BCUT2D eigenvalue weighted by atomic mass is 19.1. The molecular formula is C35H34F2N6O2. The summed E-state index contributed by atoms with van der Waals surface area (Å²) in [6.07, 6.45) is 8.80. The molecule has 0 unspecified atom stereocenters. The minimum atomic E-state index is -0.671. The van der Waals surface area contributed by atoms with Crippen LogP contribution in [0.3, 0.4) is 0 Å². The highest BCUT2D eigenvalue weighted by Gasteiger charge is 2.35. The van der Waals surface area contributed by atoms with E-state index >= 15 is 4.39 Å². The van der Waals surface area contributed by atoms with Gasteiger partial charge in [-0.1, -0.05) is 36.1 Å². The highest BCUT2D eigenvalue weighted by molar-refractivity contribution is 6.03. The van der Waals surface area contributed by atoms with E-state index in [2.05, 4.69) is 37.9 Å². The maximum Gasteiger partial charge on any atom is 0.319 e. The molecule has 2 aromatic heterocycles. The second-order valence-corrected chi connectivity index (χ2v) is 12.1. The van der Waals surface area contributed by atoms with Crippen molar-refractivity contribution >= 4 is 27.5 Å². The summed E-state index contributed by atoms with van der Waals surface area (Å²) in [6, 6.07) is 9.01. The number of likely N-dealkylation sites (N-methyl/N-ethyl adjacent to an activating group) is 1. The van der Waals surface area contributed by atoms with Crippen LogP contribution in [0.25, 0.3) is 32.9 Å². The van der Waals surface area contributed by atoms with Crippen LogP contribution in [0.15, 0.2) is 30.3 Å². The SMILES string of the molecule is C#Cc1c(F)ccc2cccc(-c3nc(C#CC)c4c(N5C[C@H]6CC[C@@H](C5)N6)nc(OC[C@@H]5C[C@@H](OC)CN5C)nc4c3F)c12. The van der Waals surface area contributed by atoms with Crippen LogP contribution in [0.4, 0.5) is 14.6 Å². The van der Waals surface area contributed by atoms with E-state index in [0.717, 1.165) is 25.8 Å². The van der Waals surface area contributed by atoms with E-state index in [9.17, 15) is 4.39 Å². The second-order valence-electron chi connectivity index (χ2n) is 12.1. The van der Waals surface area contributed by atoms with Gasteiger partial charge in [0.2, 0.25) is 0 Å². The number of ether oxygens (including phenoxy) is 2. The lowest BCUT2D eigenvalue weighted by Crippen LogP contribution is -2.51. The smallest absolute Gasteiger partial charge is 0.319 e. The molecule has 3 aliphatic rings. The van der Waals surface area contributed by atoms with Gasteiger partial charge in [-0.2, -0.15) is 9.97 Å². The first-order valence-electron chi connectivity index (χ1n) is 15.3. The number of anilines is 1. The third-order valence-electron chi connectivity index (χ3n) is 9.29. The maximum atomic E-state index is 17.0. The minimum Gasteiger partial charge on any atom is -0.462 e. The van der Waals surface area contributed by atoms with Gasteiger partial charge in [0.15, 0.2) is 5.82 Å². The number of rotatable bonds is 6. The summed E-state index contributed by atoms with van der Waals surface area (Å²) >= 11 is 0. The van der Waals surface area contributed by atoms with Gasteiger partial charge in [0.05, 0.1) is 17.1 Å². The van der Waals surface area contributed by atoms with E-state index in [0.29, 0.717) is 65.0 Å². The van der Waals surface area contributed by atoms with Crippen molar-refractivity contribution in [1.82, 2.24) is 25.2 Å². The van der Waals surface area contributed by atoms with Crippen molar-refractivity contribution in [3.05, 3.63) is 53.2 Å². The monoisotopic (exact) mass is 608 g/mol. The van der Waals surface area contributed by atoms with Crippen LogP contribution in [0.5, 0.6) is 6.01 Å². The Morgan fingerprint density at radius 3 is 2.56 bits per heavy atom. The van der Waals surface area contributed by atoms with Crippen molar-refractivity contribution in [2.45, 2.75) is 50.4 Å². The van der Waals surface area contributed by atoms with Crippen molar-refractivity contribution in [3.63, 3.8) is 0 Å². The van der Waals surface area contributed by atoms with Crippen LogP contribution in [0.1, 0.15) is 37.4 Å². The zero-order chi connectivity index (χ0) is 31.2. The number of hydrogen-bond donors (Lipinski definition) is 1.